The van der Waals surface area contributed by atoms with Crippen LogP contribution in [0, 0.1) is 5.92 Å². The quantitative estimate of drug-likeness (QED) is 0.434. The van der Waals surface area contributed by atoms with E-state index in [4.69, 9.17) is 4.74 Å². The lowest BCUT2D eigenvalue weighted by atomic mass is 9.98. The van der Waals surface area contributed by atoms with Crippen LogP contribution in [0.2, 0.25) is 0 Å². The molecule has 6 nitrogen and oxygen atoms in total. The zero-order valence-corrected chi connectivity index (χ0v) is 14.1. The van der Waals surface area contributed by atoms with Crippen LogP contribution in [0.5, 0.6) is 0 Å². The Balaban J connectivity index is 2.74. The third-order valence-corrected chi connectivity index (χ3v) is 3.64. The highest BCUT2D eigenvalue weighted by molar-refractivity contribution is 5.94. The van der Waals surface area contributed by atoms with Crippen molar-refractivity contribution in [3.8, 4) is 0 Å². The molecule has 1 aromatic carbocycles. The van der Waals surface area contributed by atoms with Crippen LogP contribution in [-0.4, -0.2) is 39.1 Å². The number of anilines is 1. The average Bonchev–Trinajstić information content (AvgIpc) is 2.57. The molecule has 1 aromatic rings. The van der Waals surface area contributed by atoms with E-state index in [0.29, 0.717) is 12.0 Å². The van der Waals surface area contributed by atoms with Gasteiger partial charge < -0.3 is 9.64 Å². The van der Waals surface area contributed by atoms with Crippen LogP contribution < -0.4 is 15.8 Å². The van der Waals surface area contributed by atoms with Gasteiger partial charge in [-0.1, -0.05) is 13.0 Å². The molecule has 0 fully saturated rings. The Labute approximate surface area is 137 Å². The van der Waals surface area contributed by atoms with Crippen LogP contribution in [0.4, 0.5) is 5.69 Å². The Morgan fingerprint density at radius 3 is 2.35 bits per heavy atom. The SMILES string of the molecule is C=C[C@@H](CC)[C@@H](NNC(=O)c1ccc(N(C)C)cc1)C(=O)OC. The molecule has 0 saturated heterocycles. The second kappa shape index (κ2) is 8.95. The number of rotatable bonds is 8. The molecule has 0 aromatic heterocycles. The zero-order valence-electron chi connectivity index (χ0n) is 14.1. The number of carbonyl (C=O) groups excluding carboxylic acids is 2. The molecule has 0 aliphatic rings. The van der Waals surface area contributed by atoms with Crippen molar-refractivity contribution in [1.29, 1.82) is 0 Å². The van der Waals surface area contributed by atoms with Crippen molar-refractivity contribution in [2.24, 2.45) is 5.92 Å². The van der Waals surface area contributed by atoms with Gasteiger partial charge in [0.1, 0.15) is 6.04 Å². The van der Waals surface area contributed by atoms with E-state index in [2.05, 4.69) is 17.4 Å². The third kappa shape index (κ3) is 5.10. The molecule has 0 unspecified atom stereocenters. The highest BCUT2D eigenvalue weighted by Gasteiger charge is 2.26. The summed E-state index contributed by atoms with van der Waals surface area (Å²) in [5.74, 6) is -0.901. The Bertz CT molecular complexity index is 541. The molecule has 0 radical (unpaired) electrons. The third-order valence-electron chi connectivity index (χ3n) is 3.64. The molecular formula is C17H25N3O3. The second-order valence-electron chi connectivity index (χ2n) is 5.35. The first-order valence-electron chi connectivity index (χ1n) is 7.48. The van der Waals surface area contributed by atoms with Gasteiger partial charge in [0.15, 0.2) is 0 Å². The van der Waals surface area contributed by atoms with Gasteiger partial charge in [-0.15, -0.1) is 6.58 Å². The van der Waals surface area contributed by atoms with Crippen molar-refractivity contribution < 1.29 is 14.3 Å². The molecule has 126 valence electrons. The van der Waals surface area contributed by atoms with E-state index in [1.807, 2.05) is 38.1 Å². The fourth-order valence-electron chi connectivity index (χ4n) is 2.13. The number of methoxy groups -OCH3 is 1. The molecule has 0 spiro atoms. The number of hydrazine groups is 1. The number of nitrogens with one attached hydrogen (secondary N) is 2. The minimum absolute atomic E-state index is 0.140. The van der Waals surface area contributed by atoms with Crippen molar-refractivity contribution in [3.05, 3.63) is 42.5 Å². The van der Waals surface area contributed by atoms with Crippen LogP contribution >= 0.6 is 0 Å². The lowest BCUT2D eigenvalue weighted by Gasteiger charge is -2.22. The first-order chi connectivity index (χ1) is 10.9. The summed E-state index contributed by atoms with van der Waals surface area (Å²) in [6.07, 6.45) is 2.37. The van der Waals surface area contributed by atoms with E-state index in [1.54, 1.807) is 18.2 Å². The van der Waals surface area contributed by atoms with E-state index < -0.39 is 12.0 Å². The van der Waals surface area contributed by atoms with Crippen LogP contribution in [0.25, 0.3) is 0 Å². The number of esters is 1. The first kappa shape index (κ1) is 18.7. The van der Waals surface area contributed by atoms with Crippen molar-refractivity contribution in [1.82, 2.24) is 10.9 Å². The second-order valence-corrected chi connectivity index (χ2v) is 5.35. The molecule has 0 heterocycles. The van der Waals surface area contributed by atoms with Gasteiger partial charge in [0.2, 0.25) is 0 Å². The van der Waals surface area contributed by atoms with Crippen LogP contribution in [-0.2, 0) is 9.53 Å². The Kier molecular flexibility index (Phi) is 7.28. The standard InChI is InChI=1S/C17H25N3O3/c1-6-12(7-2)15(17(22)23-5)18-19-16(21)13-8-10-14(11-9-13)20(3)4/h6,8-12,15,18H,1,7H2,2-5H3,(H,19,21)/t12-,15+/m0/s1. The van der Waals surface area contributed by atoms with Gasteiger partial charge in [-0.2, -0.15) is 0 Å². The first-order valence-corrected chi connectivity index (χ1v) is 7.48. The topological polar surface area (TPSA) is 70.7 Å². The van der Waals surface area contributed by atoms with E-state index in [0.717, 1.165) is 5.69 Å². The maximum atomic E-state index is 12.2. The lowest BCUT2D eigenvalue weighted by Crippen LogP contribution is -2.51. The molecule has 0 aliphatic heterocycles. The summed E-state index contributed by atoms with van der Waals surface area (Å²) in [4.78, 5) is 26.0. The van der Waals surface area contributed by atoms with Gasteiger partial charge in [-0.05, 0) is 30.7 Å². The van der Waals surface area contributed by atoms with E-state index in [1.165, 1.54) is 7.11 Å². The monoisotopic (exact) mass is 319 g/mol. The number of carbonyl (C=O) groups is 2. The maximum Gasteiger partial charge on any atom is 0.325 e. The number of hydrogen-bond acceptors (Lipinski definition) is 5. The summed E-state index contributed by atoms with van der Waals surface area (Å²) in [7, 11) is 5.17. The van der Waals surface area contributed by atoms with Gasteiger partial charge in [-0.25, -0.2) is 5.43 Å². The summed E-state index contributed by atoms with van der Waals surface area (Å²) >= 11 is 0. The van der Waals surface area contributed by atoms with Crippen LogP contribution in [0.15, 0.2) is 36.9 Å². The number of benzene rings is 1. The fraction of sp³-hybridized carbons (Fsp3) is 0.412. The molecule has 0 aliphatic carbocycles. The molecule has 0 bridgehead atoms. The van der Waals surface area contributed by atoms with Gasteiger partial charge in [0.25, 0.3) is 5.91 Å². The van der Waals surface area contributed by atoms with Crippen molar-refractivity contribution >= 4 is 17.6 Å². The molecule has 23 heavy (non-hydrogen) atoms. The van der Waals surface area contributed by atoms with Crippen molar-refractivity contribution in [2.75, 3.05) is 26.1 Å². The fourth-order valence-corrected chi connectivity index (χ4v) is 2.13. The van der Waals surface area contributed by atoms with E-state index in [9.17, 15) is 9.59 Å². The minimum atomic E-state index is -0.674. The zero-order chi connectivity index (χ0) is 17.4. The van der Waals surface area contributed by atoms with Crippen molar-refractivity contribution in [2.45, 2.75) is 19.4 Å². The van der Waals surface area contributed by atoms with Gasteiger partial charge in [0, 0.05) is 31.3 Å². The summed E-state index contributed by atoms with van der Waals surface area (Å²) in [6, 6.07) is 6.48. The van der Waals surface area contributed by atoms with Crippen LogP contribution in [0.1, 0.15) is 23.7 Å². The number of ether oxygens (including phenoxy) is 1. The van der Waals surface area contributed by atoms with Gasteiger partial charge in [-0.3, -0.25) is 15.0 Å². The van der Waals surface area contributed by atoms with Gasteiger partial charge >= 0.3 is 5.97 Å². The summed E-state index contributed by atoms with van der Waals surface area (Å²) < 4.78 is 4.77. The lowest BCUT2D eigenvalue weighted by molar-refractivity contribution is -0.144. The smallest absolute Gasteiger partial charge is 0.325 e. The number of amides is 1. The number of hydrogen-bond donors (Lipinski definition) is 2. The Hall–Kier alpha value is -2.34. The highest BCUT2D eigenvalue weighted by Crippen LogP contribution is 2.13. The summed E-state index contributed by atoms with van der Waals surface area (Å²) in [6.45, 7) is 5.65. The molecular weight excluding hydrogens is 294 g/mol. The predicted octanol–water partition coefficient (Wildman–Crippen LogP) is 1.74. The summed E-state index contributed by atoms with van der Waals surface area (Å²) in [5.41, 5.74) is 6.81. The Morgan fingerprint density at radius 1 is 1.30 bits per heavy atom. The minimum Gasteiger partial charge on any atom is -0.468 e. The maximum absolute atomic E-state index is 12.2. The largest absolute Gasteiger partial charge is 0.468 e. The van der Waals surface area contributed by atoms with E-state index in [-0.39, 0.29) is 11.8 Å². The summed E-state index contributed by atoms with van der Waals surface area (Å²) in [5, 5.41) is 0. The van der Waals surface area contributed by atoms with E-state index >= 15 is 0 Å². The van der Waals surface area contributed by atoms with Crippen LogP contribution in [0.3, 0.4) is 0 Å². The molecule has 1 rings (SSSR count). The Morgan fingerprint density at radius 2 is 1.91 bits per heavy atom. The number of nitrogens with zero attached hydrogens (tertiary/aromatic N) is 1. The molecule has 2 atom stereocenters. The molecule has 6 heteroatoms. The average molecular weight is 319 g/mol. The van der Waals surface area contributed by atoms with Gasteiger partial charge in [0.05, 0.1) is 7.11 Å². The molecule has 1 amide bonds. The van der Waals surface area contributed by atoms with Crippen molar-refractivity contribution in [3.63, 3.8) is 0 Å². The predicted molar refractivity (Wildman–Crippen MR) is 91.2 cm³/mol. The highest BCUT2D eigenvalue weighted by atomic mass is 16.5. The normalized spacial score (nSPS) is 12.9. The molecule has 2 N–H and O–H groups in total. The molecule has 0 saturated carbocycles.